The van der Waals surface area contributed by atoms with Gasteiger partial charge in [-0.2, -0.15) is 0 Å². The molecule has 0 bridgehead atoms. The van der Waals surface area contributed by atoms with E-state index in [1.807, 2.05) is 0 Å². The van der Waals surface area contributed by atoms with E-state index in [1.54, 1.807) is 0 Å². The fraction of sp³-hybridized carbons (Fsp3) is 1.00. The summed E-state index contributed by atoms with van der Waals surface area (Å²) in [6, 6.07) is -1.87. The third kappa shape index (κ3) is 2.58. The van der Waals surface area contributed by atoms with Gasteiger partial charge in [0, 0.05) is 0 Å². The second-order valence-electron chi connectivity index (χ2n) is 3.47. The topological polar surface area (TPSA) is 12.5 Å². The number of hydrogen-bond donors (Lipinski definition) is 0. The summed E-state index contributed by atoms with van der Waals surface area (Å²) in [6.45, 7) is 0.824. The zero-order valence-corrected chi connectivity index (χ0v) is 11.6. The van der Waals surface area contributed by atoms with E-state index in [0.717, 1.165) is 25.9 Å². The van der Waals surface area contributed by atoms with Gasteiger partial charge in [0.2, 0.25) is 0 Å². The molecule has 0 spiro atoms. The second-order valence-corrected chi connectivity index (χ2v) is 4.06. The van der Waals surface area contributed by atoms with Crippen LogP contribution >= 0.6 is 0 Å². The standard InChI is InChI=1S/C7H10F6NO.Sn/c1-4(14(2)3)5(15,6(8,9)10)7(11,12)13;/h4H,1-3H3;/q-1;+1. The summed E-state index contributed by atoms with van der Waals surface area (Å²) in [6.07, 6.45) is -11.0. The van der Waals surface area contributed by atoms with Gasteiger partial charge in [-0.3, -0.25) is 0 Å². The molecule has 0 aliphatic heterocycles. The molecule has 0 heterocycles. The Morgan fingerprint density at radius 3 is 1.38 bits per heavy atom. The summed E-state index contributed by atoms with van der Waals surface area (Å²) in [5.41, 5.74) is -4.14. The Morgan fingerprint density at radius 2 is 1.31 bits per heavy atom. The summed E-state index contributed by atoms with van der Waals surface area (Å²) in [5.74, 6) is 0. The third-order valence-corrected chi connectivity index (χ3v) is 3.29. The first-order valence-electron chi connectivity index (χ1n) is 4.06. The van der Waals surface area contributed by atoms with Crippen LogP contribution < -0.4 is 0 Å². The molecule has 0 saturated carbocycles. The Morgan fingerprint density at radius 1 is 1.00 bits per heavy atom. The SMILES string of the molecule is CC(N(C)C)C([O][Sn])(C(F)(F)F)C(F)(F)F. The second kappa shape index (κ2) is 4.89. The van der Waals surface area contributed by atoms with Gasteiger partial charge in [0.1, 0.15) is 0 Å². The molecule has 0 fully saturated rings. The molecule has 0 N–H and O–H groups in total. The van der Waals surface area contributed by atoms with Crippen LogP contribution in [0.1, 0.15) is 6.92 Å². The van der Waals surface area contributed by atoms with Crippen LogP contribution in [0, 0.1) is 0 Å². The fourth-order valence-corrected chi connectivity index (χ4v) is 2.35. The van der Waals surface area contributed by atoms with Crippen molar-refractivity contribution in [2.75, 3.05) is 14.1 Å². The van der Waals surface area contributed by atoms with Crippen molar-refractivity contribution in [2.45, 2.75) is 30.9 Å². The number of rotatable bonds is 3. The quantitative estimate of drug-likeness (QED) is 0.565. The molecule has 0 amide bonds. The first kappa shape index (κ1) is 16.3. The predicted molar refractivity (Wildman–Crippen MR) is 44.8 cm³/mol. The molecular formula is C7H10F6NOSn. The van der Waals surface area contributed by atoms with Crippen LogP contribution in [0.2, 0.25) is 0 Å². The predicted octanol–water partition coefficient (Wildman–Crippen LogP) is 1.90. The van der Waals surface area contributed by atoms with Gasteiger partial charge in [-0.05, 0) is 0 Å². The first-order valence-corrected chi connectivity index (χ1v) is 5.23. The van der Waals surface area contributed by atoms with Gasteiger partial charge in [-0.1, -0.05) is 0 Å². The molecule has 9 heteroatoms. The van der Waals surface area contributed by atoms with E-state index < -0.39 is 24.0 Å². The van der Waals surface area contributed by atoms with E-state index in [2.05, 4.69) is 3.07 Å². The van der Waals surface area contributed by atoms with E-state index in [4.69, 9.17) is 0 Å². The summed E-state index contributed by atoms with van der Waals surface area (Å²) >= 11 is -0.289. The average Bonchev–Trinajstić information content (AvgIpc) is 2.00. The molecule has 0 aromatic heterocycles. The molecule has 0 aromatic carbocycles. The van der Waals surface area contributed by atoms with Gasteiger partial charge in [-0.15, -0.1) is 0 Å². The molecular weight excluding hydrogens is 347 g/mol. The Bertz CT molecular complexity index is 224. The molecule has 1 atom stereocenters. The van der Waals surface area contributed by atoms with Crippen LogP contribution in [-0.4, -0.2) is 65.9 Å². The van der Waals surface area contributed by atoms with Crippen molar-refractivity contribution in [1.82, 2.24) is 4.90 Å². The van der Waals surface area contributed by atoms with E-state index in [9.17, 15) is 26.3 Å². The number of alkyl halides is 6. The average molecular weight is 357 g/mol. The van der Waals surface area contributed by atoms with Crippen LogP contribution in [-0.2, 0) is 3.07 Å². The zero-order chi connectivity index (χ0) is 13.4. The Labute approximate surface area is 103 Å². The van der Waals surface area contributed by atoms with Crippen molar-refractivity contribution < 1.29 is 29.4 Å². The van der Waals surface area contributed by atoms with Gasteiger partial charge >= 0.3 is 102 Å². The fourth-order valence-electron chi connectivity index (χ4n) is 1.20. The van der Waals surface area contributed by atoms with Crippen molar-refractivity contribution in [3.63, 3.8) is 0 Å². The molecule has 0 aliphatic carbocycles. The van der Waals surface area contributed by atoms with Crippen molar-refractivity contribution in [1.29, 1.82) is 0 Å². The Hall–Kier alpha value is 0.299. The van der Waals surface area contributed by atoms with Crippen LogP contribution in [0.25, 0.3) is 0 Å². The van der Waals surface area contributed by atoms with Crippen LogP contribution in [0.5, 0.6) is 0 Å². The normalized spacial score (nSPS) is 16.7. The minimum absolute atomic E-state index is 0.289. The number of halogens is 6. The third-order valence-electron chi connectivity index (χ3n) is 2.37. The molecule has 0 aromatic rings. The molecule has 0 saturated heterocycles. The monoisotopic (exact) mass is 358 g/mol. The summed E-state index contributed by atoms with van der Waals surface area (Å²) in [7, 11) is 2.26. The van der Waals surface area contributed by atoms with Gasteiger partial charge in [0.25, 0.3) is 0 Å². The molecule has 95 valence electrons. The maximum atomic E-state index is 12.6. The first-order chi connectivity index (χ1) is 6.91. The van der Waals surface area contributed by atoms with Gasteiger partial charge in [0.15, 0.2) is 0 Å². The van der Waals surface area contributed by atoms with Crippen molar-refractivity contribution in [2.24, 2.45) is 0 Å². The summed E-state index contributed by atoms with van der Waals surface area (Å²) in [5, 5.41) is 0. The molecule has 0 rings (SSSR count). The van der Waals surface area contributed by atoms with Crippen molar-refractivity contribution in [3.05, 3.63) is 0 Å². The molecule has 1 unspecified atom stereocenters. The summed E-state index contributed by atoms with van der Waals surface area (Å²) < 4.78 is 79.6. The molecule has 2 nitrogen and oxygen atoms in total. The van der Waals surface area contributed by atoms with E-state index in [-0.39, 0.29) is 22.9 Å². The number of likely N-dealkylation sites (N-methyl/N-ethyl adjacent to an activating group) is 1. The Balaban J connectivity index is 5.68. The molecule has 3 radical (unpaired) electrons. The molecule has 0 aliphatic rings. The van der Waals surface area contributed by atoms with E-state index >= 15 is 0 Å². The Kier molecular flexibility index (Phi) is 4.98. The minimum atomic E-state index is -5.52. The number of hydrogen-bond acceptors (Lipinski definition) is 2. The van der Waals surface area contributed by atoms with Crippen LogP contribution in [0.3, 0.4) is 0 Å². The van der Waals surface area contributed by atoms with Crippen molar-refractivity contribution >= 4 is 22.9 Å². The van der Waals surface area contributed by atoms with Crippen LogP contribution in [0.4, 0.5) is 26.3 Å². The maximum absolute atomic E-state index is 12.6. The molecule has 16 heavy (non-hydrogen) atoms. The number of nitrogens with zero attached hydrogens (tertiary/aromatic N) is 1. The summed E-state index contributed by atoms with van der Waals surface area (Å²) in [4.78, 5) is 0.824. The van der Waals surface area contributed by atoms with Gasteiger partial charge < -0.3 is 0 Å². The van der Waals surface area contributed by atoms with Gasteiger partial charge in [-0.25, -0.2) is 0 Å². The van der Waals surface area contributed by atoms with Gasteiger partial charge in [0.05, 0.1) is 0 Å². The van der Waals surface area contributed by atoms with Crippen LogP contribution in [0.15, 0.2) is 0 Å². The van der Waals surface area contributed by atoms with Crippen molar-refractivity contribution in [3.8, 4) is 0 Å². The van der Waals surface area contributed by atoms with E-state index in [0.29, 0.717) is 0 Å². The van der Waals surface area contributed by atoms with E-state index in [1.165, 1.54) is 0 Å². The zero-order valence-electron chi connectivity index (χ0n) is 8.70.